The lowest BCUT2D eigenvalue weighted by Gasteiger charge is -2.32. The number of ether oxygens (including phenoxy) is 1. The van der Waals surface area contributed by atoms with Gasteiger partial charge in [0, 0.05) is 23.5 Å². The number of rotatable bonds is 10. The molecule has 0 aromatic heterocycles. The number of nitrogens with one attached hydrogen (secondary N) is 1. The largest absolute Gasteiger partial charge is 0.484 e. The number of halogens is 2. The van der Waals surface area contributed by atoms with Gasteiger partial charge in [0.2, 0.25) is 5.91 Å². The van der Waals surface area contributed by atoms with Crippen molar-refractivity contribution in [1.82, 2.24) is 10.2 Å². The lowest BCUT2D eigenvalue weighted by atomic mass is 10.0. The second kappa shape index (κ2) is 12.7. The standard InChI is InChI=1S/C29H32BrFN2O3/c1-19(2)32-29(35)26(16-22-8-6-5-7-9-22)33(17-23-10-12-24(31)13-11-23)27(34)18-36-25-14-20(3)28(30)21(4)15-25/h5-15,19,26H,16-18H2,1-4H3,(H,32,35)/t26-/m0/s1. The summed E-state index contributed by atoms with van der Waals surface area (Å²) < 4.78 is 20.4. The molecule has 5 nitrogen and oxygen atoms in total. The second-order valence-electron chi connectivity index (χ2n) is 9.18. The number of hydrogen-bond donors (Lipinski definition) is 1. The highest BCUT2D eigenvalue weighted by atomic mass is 79.9. The Morgan fingerprint density at radius 1 is 0.972 bits per heavy atom. The van der Waals surface area contributed by atoms with Crippen LogP contribution in [0.5, 0.6) is 5.75 Å². The van der Waals surface area contributed by atoms with Gasteiger partial charge in [0.1, 0.15) is 17.6 Å². The number of carbonyl (C=O) groups is 2. The third kappa shape index (κ3) is 7.65. The normalized spacial score (nSPS) is 11.8. The Bertz CT molecular complexity index is 1160. The number of carbonyl (C=O) groups excluding carboxylic acids is 2. The van der Waals surface area contributed by atoms with E-state index in [9.17, 15) is 14.0 Å². The number of aryl methyl sites for hydroxylation is 2. The van der Waals surface area contributed by atoms with Crippen molar-refractivity contribution in [3.63, 3.8) is 0 Å². The number of hydrogen-bond acceptors (Lipinski definition) is 3. The lowest BCUT2D eigenvalue weighted by molar-refractivity contribution is -0.143. The van der Waals surface area contributed by atoms with E-state index in [4.69, 9.17) is 4.74 Å². The Kier molecular flexibility index (Phi) is 9.65. The summed E-state index contributed by atoms with van der Waals surface area (Å²) in [6, 6.07) is 18.4. The van der Waals surface area contributed by atoms with Crippen molar-refractivity contribution in [3.8, 4) is 5.75 Å². The zero-order chi connectivity index (χ0) is 26.2. The molecular formula is C29H32BrFN2O3. The molecule has 0 bridgehead atoms. The topological polar surface area (TPSA) is 58.6 Å². The van der Waals surface area contributed by atoms with Crippen LogP contribution in [0.3, 0.4) is 0 Å². The van der Waals surface area contributed by atoms with Crippen molar-refractivity contribution in [3.05, 3.63) is 99.3 Å². The molecular weight excluding hydrogens is 523 g/mol. The minimum absolute atomic E-state index is 0.0940. The summed E-state index contributed by atoms with van der Waals surface area (Å²) in [5, 5.41) is 2.95. The van der Waals surface area contributed by atoms with E-state index < -0.39 is 6.04 Å². The maximum atomic E-state index is 13.6. The molecule has 1 atom stereocenters. The van der Waals surface area contributed by atoms with Gasteiger partial charge in [0.25, 0.3) is 5.91 Å². The van der Waals surface area contributed by atoms with E-state index in [1.54, 1.807) is 12.1 Å². The van der Waals surface area contributed by atoms with E-state index in [1.807, 2.05) is 70.2 Å². The predicted molar refractivity (Wildman–Crippen MR) is 143 cm³/mol. The van der Waals surface area contributed by atoms with E-state index in [1.165, 1.54) is 17.0 Å². The van der Waals surface area contributed by atoms with Crippen LogP contribution < -0.4 is 10.1 Å². The van der Waals surface area contributed by atoms with Crippen LogP contribution in [-0.2, 0) is 22.6 Å². The molecule has 0 aliphatic carbocycles. The zero-order valence-electron chi connectivity index (χ0n) is 21.1. The summed E-state index contributed by atoms with van der Waals surface area (Å²) in [6.07, 6.45) is 0.336. The van der Waals surface area contributed by atoms with Crippen LogP contribution in [0.2, 0.25) is 0 Å². The number of benzene rings is 3. The lowest BCUT2D eigenvalue weighted by Crippen LogP contribution is -2.52. The molecule has 0 unspecified atom stereocenters. The molecule has 0 radical (unpaired) electrons. The van der Waals surface area contributed by atoms with Gasteiger partial charge in [-0.25, -0.2) is 4.39 Å². The van der Waals surface area contributed by atoms with Crippen LogP contribution in [0.15, 0.2) is 71.2 Å². The first-order valence-corrected chi connectivity index (χ1v) is 12.7. The third-order valence-corrected chi connectivity index (χ3v) is 6.99. The Morgan fingerprint density at radius 3 is 2.17 bits per heavy atom. The Labute approximate surface area is 220 Å². The van der Waals surface area contributed by atoms with Crippen LogP contribution in [0.25, 0.3) is 0 Å². The molecule has 0 aliphatic rings. The monoisotopic (exact) mass is 554 g/mol. The molecule has 0 saturated carbocycles. The van der Waals surface area contributed by atoms with Gasteiger partial charge in [-0.1, -0.05) is 58.4 Å². The van der Waals surface area contributed by atoms with Gasteiger partial charge in [-0.3, -0.25) is 9.59 Å². The SMILES string of the molecule is Cc1cc(OCC(=O)N(Cc2ccc(F)cc2)[C@@H](Cc2ccccc2)C(=O)NC(C)C)cc(C)c1Br. The number of amides is 2. The van der Waals surface area contributed by atoms with E-state index in [-0.39, 0.29) is 36.8 Å². The van der Waals surface area contributed by atoms with Gasteiger partial charge in [-0.05, 0) is 74.2 Å². The van der Waals surface area contributed by atoms with Crippen LogP contribution in [0.4, 0.5) is 4.39 Å². The highest BCUT2D eigenvalue weighted by molar-refractivity contribution is 9.10. The van der Waals surface area contributed by atoms with E-state index >= 15 is 0 Å². The first-order valence-electron chi connectivity index (χ1n) is 11.9. The fourth-order valence-corrected chi connectivity index (χ4v) is 4.17. The molecule has 7 heteroatoms. The first kappa shape index (κ1) is 27.4. The Balaban J connectivity index is 1.91. The molecule has 3 rings (SSSR count). The molecule has 1 N–H and O–H groups in total. The maximum absolute atomic E-state index is 13.6. The summed E-state index contributed by atoms with van der Waals surface area (Å²) in [5.74, 6) is -0.370. The van der Waals surface area contributed by atoms with Crippen molar-refractivity contribution in [1.29, 1.82) is 0 Å². The smallest absolute Gasteiger partial charge is 0.261 e. The Hall–Kier alpha value is -3.19. The van der Waals surface area contributed by atoms with Crippen LogP contribution in [0, 0.1) is 19.7 Å². The fraction of sp³-hybridized carbons (Fsp3) is 0.310. The summed E-state index contributed by atoms with van der Waals surface area (Å²) in [4.78, 5) is 28.4. The average molecular weight is 555 g/mol. The number of nitrogens with zero attached hydrogens (tertiary/aromatic N) is 1. The van der Waals surface area contributed by atoms with Gasteiger partial charge in [0.15, 0.2) is 6.61 Å². The minimum atomic E-state index is -0.774. The molecule has 2 amide bonds. The highest BCUT2D eigenvalue weighted by Gasteiger charge is 2.31. The molecule has 0 saturated heterocycles. The molecule has 0 aliphatic heterocycles. The van der Waals surface area contributed by atoms with Crippen LogP contribution >= 0.6 is 15.9 Å². The van der Waals surface area contributed by atoms with Crippen LogP contribution in [0.1, 0.15) is 36.1 Å². The van der Waals surface area contributed by atoms with Crippen molar-refractivity contribution < 1.29 is 18.7 Å². The summed E-state index contributed by atoms with van der Waals surface area (Å²) in [5.41, 5.74) is 3.65. The van der Waals surface area contributed by atoms with Gasteiger partial charge >= 0.3 is 0 Å². The minimum Gasteiger partial charge on any atom is -0.484 e. The molecule has 36 heavy (non-hydrogen) atoms. The summed E-state index contributed by atoms with van der Waals surface area (Å²) in [7, 11) is 0. The van der Waals surface area contributed by atoms with E-state index in [0.717, 1.165) is 26.7 Å². The first-order chi connectivity index (χ1) is 17.1. The van der Waals surface area contributed by atoms with Gasteiger partial charge < -0.3 is 15.0 Å². The zero-order valence-corrected chi connectivity index (χ0v) is 22.6. The van der Waals surface area contributed by atoms with Crippen molar-refractivity contribution in [2.75, 3.05) is 6.61 Å². The van der Waals surface area contributed by atoms with Crippen molar-refractivity contribution in [2.24, 2.45) is 0 Å². The van der Waals surface area contributed by atoms with Crippen molar-refractivity contribution >= 4 is 27.7 Å². The summed E-state index contributed by atoms with van der Waals surface area (Å²) >= 11 is 3.54. The van der Waals surface area contributed by atoms with Crippen LogP contribution in [-0.4, -0.2) is 35.4 Å². The molecule has 0 spiro atoms. The predicted octanol–water partition coefficient (Wildman–Crippen LogP) is 5.75. The van der Waals surface area contributed by atoms with Crippen molar-refractivity contribution in [2.45, 2.75) is 52.7 Å². The van der Waals surface area contributed by atoms with E-state index in [0.29, 0.717) is 12.2 Å². The molecule has 0 fully saturated rings. The molecule has 3 aromatic rings. The fourth-order valence-electron chi connectivity index (χ4n) is 3.94. The quantitative estimate of drug-likeness (QED) is 0.347. The maximum Gasteiger partial charge on any atom is 0.261 e. The second-order valence-corrected chi connectivity index (χ2v) is 9.97. The van der Waals surface area contributed by atoms with E-state index in [2.05, 4.69) is 21.2 Å². The van der Waals surface area contributed by atoms with Gasteiger partial charge in [0.05, 0.1) is 0 Å². The highest BCUT2D eigenvalue weighted by Crippen LogP contribution is 2.26. The van der Waals surface area contributed by atoms with Gasteiger partial charge in [-0.15, -0.1) is 0 Å². The Morgan fingerprint density at radius 2 is 1.58 bits per heavy atom. The third-order valence-electron chi connectivity index (χ3n) is 5.74. The molecule has 190 valence electrons. The molecule has 3 aromatic carbocycles. The summed E-state index contributed by atoms with van der Waals surface area (Å²) in [6.45, 7) is 7.58. The molecule has 0 heterocycles. The van der Waals surface area contributed by atoms with Gasteiger partial charge in [-0.2, -0.15) is 0 Å². The average Bonchev–Trinajstić information content (AvgIpc) is 2.84.